The second kappa shape index (κ2) is 10.5. The Kier molecular flexibility index (Phi) is 8.06. The summed E-state index contributed by atoms with van der Waals surface area (Å²) in [6.07, 6.45) is 1.77. The third-order valence-electron chi connectivity index (χ3n) is 5.17. The molecule has 0 aliphatic carbocycles. The van der Waals surface area contributed by atoms with Gasteiger partial charge in [-0.2, -0.15) is 0 Å². The summed E-state index contributed by atoms with van der Waals surface area (Å²) in [4.78, 5) is 14.2. The quantitative estimate of drug-likeness (QED) is 0.659. The molecule has 10 heteroatoms. The van der Waals surface area contributed by atoms with Crippen molar-refractivity contribution in [2.75, 3.05) is 39.2 Å². The molecule has 2 atom stereocenters. The summed E-state index contributed by atoms with van der Waals surface area (Å²) in [5, 5.41) is 2.80. The van der Waals surface area contributed by atoms with Crippen LogP contribution in [0.1, 0.15) is 31.6 Å². The maximum absolute atomic E-state index is 12.5. The average molecular weight is 442 g/mol. The van der Waals surface area contributed by atoms with E-state index in [0.717, 1.165) is 18.2 Å². The summed E-state index contributed by atoms with van der Waals surface area (Å²) >= 11 is 0. The van der Waals surface area contributed by atoms with Gasteiger partial charge in [0.15, 0.2) is 6.29 Å². The normalized spacial score (nSPS) is 27.6. The number of likely N-dealkylation sites (tertiary alicyclic amines) is 1. The summed E-state index contributed by atoms with van der Waals surface area (Å²) in [6.45, 7) is 3.81. The van der Waals surface area contributed by atoms with Crippen LogP contribution in [-0.2, 0) is 24.2 Å². The van der Waals surface area contributed by atoms with Crippen LogP contribution in [0, 0.1) is 0 Å². The average Bonchev–Trinajstić information content (AvgIpc) is 2.73. The van der Waals surface area contributed by atoms with Gasteiger partial charge in [0, 0.05) is 24.7 Å². The number of carbonyl (C=O) groups is 1. The number of hydrogen-bond donors (Lipinski definition) is 2. The smallest absolute Gasteiger partial charge is 0.317 e. The maximum Gasteiger partial charge on any atom is 0.317 e. The van der Waals surface area contributed by atoms with Gasteiger partial charge in [0.2, 0.25) is 10.0 Å². The summed E-state index contributed by atoms with van der Waals surface area (Å²) < 4.78 is 43.9. The molecule has 30 heavy (non-hydrogen) atoms. The van der Waals surface area contributed by atoms with Crippen LogP contribution in [-0.4, -0.2) is 76.7 Å². The lowest BCUT2D eigenvalue weighted by molar-refractivity contribution is -0.232. The van der Waals surface area contributed by atoms with Crippen LogP contribution in [0.25, 0.3) is 0 Å². The van der Waals surface area contributed by atoms with Gasteiger partial charge in [0.25, 0.3) is 0 Å². The number of rotatable bonds is 7. The fourth-order valence-electron chi connectivity index (χ4n) is 3.80. The van der Waals surface area contributed by atoms with Crippen LogP contribution in [0.2, 0.25) is 0 Å². The standard InChI is InChI=1S/C20H31N3O6S/c1-3-21-20(24)23-11-7-10-17(22-30(2,25)26)18(23)14-27-16-12-28-19(29-13-16)15-8-5-4-6-9-15/h4-6,8-9,16-19,22H,3,7,10-14H2,1-2H3,(H,21,24)/t16?,17-,18-,19?/m0/s1. The highest BCUT2D eigenvalue weighted by Crippen LogP contribution is 2.25. The van der Waals surface area contributed by atoms with E-state index in [9.17, 15) is 13.2 Å². The minimum absolute atomic E-state index is 0.192. The van der Waals surface area contributed by atoms with Gasteiger partial charge in [0.05, 0.1) is 32.1 Å². The Bertz CT molecular complexity index is 783. The number of nitrogens with zero attached hydrogens (tertiary/aromatic N) is 1. The van der Waals surface area contributed by atoms with Crippen molar-refractivity contribution in [2.45, 2.75) is 44.2 Å². The third-order valence-corrected chi connectivity index (χ3v) is 5.91. The SMILES string of the molecule is CCNC(=O)N1CCC[C@H](NS(C)(=O)=O)[C@@H]1COC1COC(c2ccccc2)OC1. The lowest BCUT2D eigenvalue weighted by Crippen LogP contribution is -2.61. The van der Waals surface area contributed by atoms with Crippen LogP contribution in [0.3, 0.4) is 0 Å². The van der Waals surface area contributed by atoms with Gasteiger partial charge in [-0.3, -0.25) is 0 Å². The first-order chi connectivity index (χ1) is 14.4. The number of amides is 2. The number of piperidine rings is 1. The monoisotopic (exact) mass is 441 g/mol. The number of nitrogens with one attached hydrogen (secondary N) is 2. The zero-order chi connectivity index (χ0) is 21.6. The molecule has 2 aliphatic heterocycles. The molecule has 2 amide bonds. The molecular weight excluding hydrogens is 410 g/mol. The van der Waals surface area contributed by atoms with Gasteiger partial charge in [-0.15, -0.1) is 0 Å². The Morgan fingerprint density at radius 2 is 1.93 bits per heavy atom. The predicted molar refractivity (Wildman–Crippen MR) is 111 cm³/mol. The molecule has 1 aromatic rings. The Balaban J connectivity index is 1.59. The van der Waals surface area contributed by atoms with Crippen LogP contribution in [0.5, 0.6) is 0 Å². The molecule has 0 bridgehead atoms. The van der Waals surface area contributed by atoms with Crippen molar-refractivity contribution in [2.24, 2.45) is 0 Å². The minimum atomic E-state index is -3.41. The van der Waals surface area contributed by atoms with Crippen LogP contribution in [0.15, 0.2) is 30.3 Å². The van der Waals surface area contributed by atoms with Crippen molar-refractivity contribution in [1.29, 1.82) is 0 Å². The van der Waals surface area contributed by atoms with E-state index in [1.54, 1.807) is 4.90 Å². The molecule has 2 aliphatic rings. The molecule has 168 valence electrons. The molecule has 2 heterocycles. The molecule has 1 aromatic carbocycles. The highest BCUT2D eigenvalue weighted by Gasteiger charge is 2.37. The molecule has 0 radical (unpaired) electrons. The van der Waals surface area contributed by atoms with Crippen molar-refractivity contribution in [3.05, 3.63) is 35.9 Å². The number of sulfonamides is 1. The molecule has 0 saturated carbocycles. The molecule has 2 N–H and O–H groups in total. The fraction of sp³-hybridized carbons (Fsp3) is 0.650. The van der Waals surface area contributed by atoms with Crippen molar-refractivity contribution in [3.63, 3.8) is 0 Å². The number of benzene rings is 1. The summed E-state index contributed by atoms with van der Waals surface area (Å²) in [5.74, 6) is 0. The van der Waals surface area contributed by atoms with Gasteiger partial charge in [-0.25, -0.2) is 17.9 Å². The van der Waals surface area contributed by atoms with Gasteiger partial charge >= 0.3 is 6.03 Å². The van der Waals surface area contributed by atoms with E-state index in [1.807, 2.05) is 37.3 Å². The number of carbonyl (C=O) groups excluding carboxylic acids is 1. The summed E-state index contributed by atoms with van der Waals surface area (Å²) in [7, 11) is -3.41. The van der Waals surface area contributed by atoms with E-state index in [1.165, 1.54) is 0 Å². The van der Waals surface area contributed by atoms with Crippen molar-refractivity contribution < 1.29 is 27.4 Å². The zero-order valence-electron chi connectivity index (χ0n) is 17.5. The number of urea groups is 1. The van der Waals surface area contributed by atoms with Crippen LogP contribution >= 0.6 is 0 Å². The first kappa shape index (κ1) is 23.0. The second-order valence-corrected chi connectivity index (χ2v) is 9.38. The lowest BCUT2D eigenvalue weighted by Gasteiger charge is -2.41. The highest BCUT2D eigenvalue weighted by atomic mass is 32.2. The lowest BCUT2D eigenvalue weighted by atomic mass is 9.98. The first-order valence-corrected chi connectivity index (χ1v) is 12.2. The van der Waals surface area contributed by atoms with Gasteiger partial charge in [-0.1, -0.05) is 30.3 Å². The molecule has 2 saturated heterocycles. The van der Waals surface area contributed by atoms with Crippen molar-refractivity contribution in [1.82, 2.24) is 14.9 Å². The minimum Gasteiger partial charge on any atom is -0.371 e. The Morgan fingerprint density at radius 3 is 2.57 bits per heavy atom. The molecule has 3 rings (SSSR count). The second-order valence-electron chi connectivity index (χ2n) is 7.60. The van der Waals surface area contributed by atoms with Gasteiger partial charge in [-0.05, 0) is 19.8 Å². The van der Waals surface area contributed by atoms with E-state index in [2.05, 4.69) is 10.0 Å². The third kappa shape index (κ3) is 6.39. The summed E-state index contributed by atoms with van der Waals surface area (Å²) in [5.41, 5.74) is 0.947. The topological polar surface area (TPSA) is 106 Å². The zero-order valence-corrected chi connectivity index (χ0v) is 18.3. The molecule has 0 aromatic heterocycles. The van der Waals surface area contributed by atoms with E-state index in [4.69, 9.17) is 14.2 Å². The predicted octanol–water partition coefficient (Wildman–Crippen LogP) is 1.23. The van der Waals surface area contributed by atoms with E-state index in [-0.39, 0.29) is 18.7 Å². The van der Waals surface area contributed by atoms with E-state index >= 15 is 0 Å². The van der Waals surface area contributed by atoms with Crippen molar-refractivity contribution >= 4 is 16.1 Å². The molecule has 0 unspecified atom stereocenters. The summed E-state index contributed by atoms with van der Waals surface area (Å²) in [6, 6.07) is 8.65. The van der Waals surface area contributed by atoms with E-state index < -0.39 is 28.4 Å². The Hall–Kier alpha value is -1.72. The number of ether oxygens (including phenoxy) is 3. The number of hydrogen-bond acceptors (Lipinski definition) is 6. The van der Waals surface area contributed by atoms with Crippen molar-refractivity contribution in [3.8, 4) is 0 Å². The van der Waals surface area contributed by atoms with Gasteiger partial charge < -0.3 is 24.4 Å². The van der Waals surface area contributed by atoms with Gasteiger partial charge in [0.1, 0.15) is 6.10 Å². The molecule has 0 spiro atoms. The van der Waals surface area contributed by atoms with Crippen LogP contribution < -0.4 is 10.0 Å². The first-order valence-electron chi connectivity index (χ1n) is 10.3. The highest BCUT2D eigenvalue weighted by molar-refractivity contribution is 7.88. The maximum atomic E-state index is 12.5. The Morgan fingerprint density at radius 1 is 1.23 bits per heavy atom. The van der Waals surface area contributed by atoms with Crippen LogP contribution in [0.4, 0.5) is 4.79 Å². The fourth-order valence-corrected chi connectivity index (χ4v) is 4.62. The molecular formula is C20H31N3O6S. The molecule has 9 nitrogen and oxygen atoms in total. The van der Waals surface area contributed by atoms with E-state index in [0.29, 0.717) is 32.7 Å². The Labute approximate surface area is 178 Å². The molecule has 2 fully saturated rings. The largest absolute Gasteiger partial charge is 0.371 e.